The van der Waals surface area contributed by atoms with E-state index in [4.69, 9.17) is 14.6 Å². The highest BCUT2D eigenvalue weighted by atomic mass is 16.5. The molecule has 3 nitrogen and oxygen atoms in total. The molecule has 13 heavy (non-hydrogen) atoms. The van der Waals surface area contributed by atoms with Gasteiger partial charge in [-0.1, -0.05) is 0 Å². The summed E-state index contributed by atoms with van der Waals surface area (Å²) in [5.74, 6) is 1.60. The Labute approximate surface area is 77.9 Å². The van der Waals surface area contributed by atoms with Gasteiger partial charge in [0.25, 0.3) is 0 Å². The van der Waals surface area contributed by atoms with Gasteiger partial charge >= 0.3 is 0 Å². The second kappa shape index (κ2) is 4.72. The van der Waals surface area contributed by atoms with E-state index in [1.54, 1.807) is 7.11 Å². The van der Waals surface area contributed by atoms with Gasteiger partial charge in [-0.2, -0.15) is 0 Å². The third-order valence-electron chi connectivity index (χ3n) is 1.73. The number of hydrogen-bond donors (Lipinski definition) is 1. The van der Waals surface area contributed by atoms with E-state index in [0.29, 0.717) is 6.61 Å². The van der Waals surface area contributed by atoms with E-state index in [1.807, 2.05) is 25.1 Å². The first kappa shape index (κ1) is 9.86. The van der Waals surface area contributed by atoms with Crippen molar-refractivity contribution in [3.8, 4) is 11.5 Å². The van der Waals surface area contributed by atoms with E-state index in [1.165, 1.54) is 0 Å². The second-order valence-electron chi connectivity index (χ2n) is 2.70. The van der Waals surface area contributed by atoms with Gasteiger partial charge in [0.05, 0.1) is 13.7 Å². The summed E-state index contributed by atoms with van der Waals surface area (Å²) in [6, 6.07) is 5.57. The van der Waals surface area contributed by atoms with Crippen LogP contribution in [0.5, 0.6) is 11.5 Å². The highest BCUT2D eigenvalue weighted by Gasteiger charge is 2.00. The topological polar surface area (TPSA) is 38.7 Å². The van der Waals surface area contributed by atoms with Gasteiger partial charge < -0.3 is 14.6 Å². The molecule has 0 atom stereocenters. The Morgan fingerprint density at radius 1 is 1.38 bits per heavy atom. The Balaban J connectivity index is 2.73. The molecular formula is C10H14O3. The third kappa shape index (κ3) is 2.63. The van der Waals surface area contributed by atoms with Gasteiger partial charge in [-0.3, -0.25) is 0 Å². The number of benzene rings is 1. The summed E-state index contributed by atoms with van der Waals surface area (Å²) in [6.45, 7) is 2.30. The maximum absolute atomic E-state index is 8.57. The van der Waals surface area contributed by atoms with E-state index in [0.717, 1.165) is 17.1 Å². The summed E-state index contributed by atoms with van der Waals surface area (Å²) >= 11 is 0. The quantitative estimate of drug-likeness (QED) is 0.764. The molecular weight excluding hydrogens is 168 g/mol. The zero-order chi connectivity index (χ0) is 9.68. The van der Waals surface area contributed by atoms with Crippen molar-refractivity contribution in [2.45, 2.75) is 6.92 Å². The summed E-state index contributed by atoms with van der Waals surface area (Å²) < 4.78 is 10.3. The molecule has 0 unspecified atom stereocenters. The SMILES string of the molecule is COc1ccc(OCCO)c(C)c1. The average Bonchev–Trinajstić information content (AvgIpc) is 2.16. The molecule has 0 aliphatic rings. The second-order valence-corrected chi connectivity index (χ2v) is 2.70. The third-order valence-corrected chi connectivity index (χ3v) is 1.73. The largest absolute Gasteiger partial charge is 0.497 e. The van der Waals surface area contributed by atoms with Crippen molar-refractivity contribution >= 4 is 0 Å². The van der Waals surface area contributed by atoms with Crippen LogP contribution in [0.1, 0.15) is 5.56 Å². The monoisotopic (exact) mass is 182 g/mol. The van der Waals surface area contributed by atoms with Crippen molar-refractivity contribution < 1.29 is 14.6 Å². The smallest absolute Gasteiger partial charge is 0.122 e. The summed E-state index contributed by atoms with van der Waals surface area (Å²) in [7, 11) is 1.63. The van der Waals surface area contributed by atoms with Gasteiger partial charge in [0.15, 0.2) is 0 Å². The highest BCUT2D eigenvalue weighted by Crippen LogP contribution is 2.22. The van der Waals surface area contributed by atoms with Crippen LogP contribution in [0.25, 0.3) is 0 Å². The van der Waals surface area contributed by atoms with Crippen LogP contribution in [0.3, 0.4) is 0 Å². The first-order chi connectivity index (χ1) is 6.27. The lowest BCUT2D eigenvalue weighted by molar-refractivity contribution is 0.200. The number of aliphatic hydroxyl groups excluding tert-OH is 1. The molecule has 0 saturated heterocycles. The first-order valence-corrected chi connectivity index (χ1v) is 4.16. The van der Waals surface area contributed by atoms with Crippen molar-refractivity contribution in [2.75, 3.05) is 20.3 Å². The maximum atomic E-state index is 8.57. The van der Waals surface area contributed by atoms with Gasteiger partial charge in [0.1, 0.15) is 18.1 Å². The van der Waals surface area contributed by atoms with Crippen LogP contribution < -0.4 is 9.47 Å². The Kier molecular flexibility index (Phi) is 3.58. The minimum absolute atomic E-state index is 0.0332. The molecule has 0 spiro atoms. The zero-order valence-electron chi connectivity index (χ0n) is 7.91. The molecule has 1 aromatic carbocycles. The Morgan fingerprint density at radius 2 is 2.15 bits per heavy atom. The van der Waals surface area contributed by atoms with Gasteiger partial charge in [-0.05, 0) is 30.7 Å². The Bertz CT molecular complexity index is 271. The Hall–Kier alpha value is -1.22. The fourth-order valence-electron chi connectivity index (χ4n) is 1.07. The predicted molar refractivity (Wildman–Crippen MR) is 50.3 cm³/mol. The zero-order valence-corrected chi connectivity index (χ0v) is 7.91. The van der Waals surface area contributed by atoms with Gasteiger partial charge in [-0.25, -0.2) is 0 Å². The van der Waals surface area contributed by atoms with Crippen molar-refractivity contribution in [3.05, 3.63) is 23.8 Å². The molecule has 72 valence electrons. The van der Waals surface area contributed by atoms with Crippen LogP contribution >= 0.6 is 0 Å². The summed E-state index contributed by atoms with van der Waals surface area (Å²) in [5, 5.41) is 8.57. The molecule has 0 bridgehead atoms. The number of methoxy groups -OCH3 is 1. The fraction of sp³-hybridized carbons (Fsp3) is 0.400. The molecule has 1 aromatic rings. The Morgan fingerprint density at radius 3 is 2.69 bits per heavy atom. The molecule has 1 N–H and O–H groups in total. The van der Waals surface area contributed by atoms with Crippen molar-refractivity contribution in [1.82, 2.24) is 0 Å². The van der Waals surface area contributed by atoms with Gasteiger partial charge in [-0.15, -0.1) is 0 Å². The van der Waals surface area contributed by atoms with Crippen molar-refractivity contribution in [3.63, 3.8) is 0 Å². The van der Waals surface area contributed by atoms with E-state index < -0.39 is 0 Å². The summed E-state index contributed by atoms with van der Waals surface area (Å²) in [4.78, 5) is 0. The number of hydrogen-bond acceptors (Lipinski definition) is 3. The standard InChI is InChI=1S/C10H14O3/c1-8-7-9(12-2)3-4-10(8)13-6-5-11/h3-4,7,11H,5-6H2,1-2H3. The van der Waals surface area contributed by atoms with Crippen LogP contribution in [0.2, 0.25) is 0 Å². The molecule has 3 heteroatoms. The molecule has 1 rings (SSSR count). The molecule has 0 amide bonds. The number of aryl methyl sites for hydroxylation is 1. The van der Waals surface area contributed by atoms with Crippen molar-refractivity contribution in [2.24, 2.45) is 0 Å². The predicted octanol–water partition coefficient (Wildman–Crippen LogP) is 1.37. The summed E-state index contributed by atoms with van der Waals surface area (Å²) in [5.41, 5.74) is 1.01. The minimum Gasteiger partial charge on any atom is -0.497 e. The van der Waals surface area contributed by atoms with Crippen LogP contribution in [0, 0.1) is 6.92 Å². The lowest BCUT2D eigenvalue weighted by Crippen LogP contribution is -2.02. The van der Waals surface area contributed by atoms with Crippen LogP contribution in [-0.2, 0) is 0 Å². The van der Waals surface area contributed by atoms with E-state index in [2.05, 4.69) is 0 Å². The minimum atomic E-state index is 0.0332. The first-order valence-electron chi connectivity index (χ1n) is 4.16. The molecule has 0 fully saturated rings. The van der Waals surface area contributed by atoms with Crippen LogP contribution in [-0.4, -0.2) is 25.4 Å². The van der Waals surface area contributed by atoms with E-state index in [9.17, 15) is 0 Å². The number of aliphatic hydroxyl groups is 1. The fourth-order valence-corrected chi connectivity index (χ4v) is 1.07. The molecule has 0 aliphatic carbocycles. The lowest BCUT2D eigenvalue weighted by atomic mass is 10.2. The van der Waals surface area contributed by atoms with Crippen LogP contribution in [0.15, 0.2) is 18.2 Å². The normalized spacial score (nSPS) is 9.77. The molecule has 0 radical (unpaired) electrons. The van der Waals surface area contributed by atoms with Crippen molar-refractivity contribution in [1.29, 1.82) is 0 Å². The average molecular weight is 182 g/mol. The lowest BCUT2D eigenvalue weighted by Gasteiger charge is -2.08. The van der Waals surface area contributed by atoms with Gasteiger partial charge in [0, 0.05) is 0 Å². The molecule has 0 heterocycles. The van der Waals surface area contributed by atoms with E-state index in [-0.39, 0.29) is 6.61 Å². The summed E-state index contributed by atoms with van der Waals surface area (Å²) in [6.07, 6.45) is 0. The highest BCUT2D eigenvalue weighted by molar-refractivity contribution is 5.39. The number of ether oxygens (including phenoxy) is 2. The van der Waals surface area contributed by atoms with Crippen LogP contribution in [0.4, 0.5) is 0 Å². The maximum Gasteiger partial charge on any atom is 0.122 e. The van der Waals surface area contributed by atoms with Gasteiger partial charge in [0.2, 0.25) is 0 Å². The molecule has 0 aliphatic heterocycles. The molecule has 0 aromatic heterocycles. The molecule has 0 saturated carbocycles. The number of rotatable bonds is 4. The van der Waals surface area contributed by atoms with E-state index >= 15 is 0 Å².